The molecular formula is C29H27N5O10S. The number of fused-ring (bicyclic) bond motifs is 1. The lowest BCUT2D eigenvalue weighted by atomic mass is 10.1. The molecular weight excluding hydrogens is 610 g/mol. The topological polar surface area (TPSA) is 194 Å². The Kier molecular flexibility index (Phi) is 11.2. The van der Waals surface area contributed by atoms with Crippen LogP contribution in [0, 0.1) is 0 Å². The van der Waals surface area contributed by atoms with E-state index in [9.17, 15) is 14.7 Å². The van der Waals surface area contributed by atoms with Gasteiger partial charge in [-0.15, -0.1) is 19.7 Å². The number of phenolic OH excluding ortho intramolecular Hbond substituents is 1. The number of carbonyl (C=O) groups excluding carboxylic acids is 2. The molecule has 4 aromatic rings. The van der Waals surface area contributed by atoms with Gasteiger partial charge in [-0.1, -0.05) is 11.1 Å². The molecule has 0 aliphatic rings. The van der Waals surface area contributed by atoms with Crippen LogP contribution in [0.3, 0.4) is 0 Å². The number of ether oxygens (including phenoxy) is 4. The number of hydrogen-bond donors (Lipinski definition) is 2. The monoisotopic (exact) mass is 637 g/mol. The number of nitrogens with two attached hydrogens (primary N) is 1. The molecule has 0 saturated heterocycles. The standard InChI is InChI=1S/C29H27N5O10S/c1-38-23-13-22(33-34-27-25(45-44-43-41-4)11-17-5-8-18(30)12-20(17)28(27)36)24(42-15-26(35)39-2)14-21(23)32-31-19-9-6-16(7-10-19)29(37)40-3/h5-14,36H,15,30H2,1-4H3. The summed E-state index contributed by atoms with van der Waals surface area (Å²) in [6.07, 6.45) is 0. The van der Waals surface area contributed by atoms with Gasteiger partial charge in [-0.25, -0.2) is 14.5 Å². The Morgan fingerprint density at radius 2 is 1.56 bits per heavy atom. The molecule has 4 aromatic carbocycles. The summed E-state index contributed by atoms with van der Waals surface area (Å²) in [4.78, 5) is 28.4. The number of nitrogens with zero attached hydrogens (tertiary/aromatic N) is 4. The van der Waals surface area contributed by atoms with Crippen LogP contribution in [-0.4, -0.2) is 52.1 Å². The van der Waals surface area contributed by atoms with Gasteiger partial charge in [-0.05, 0) is 47.9 Å². The highest BCUT2D eigenvalue weighted by Crippen LogP contribution is 2.46. The number of benzene rings is 4. The second-order valence-electron chi connectivity index (χ2n) is 8.73. The predicted molar refractivity (Wildman–Crippen MR) is 162 cm³/mol. The Morgan fingerprint density at radius 3 is 2.24 bits per heavy atom. The van der Waals surface area contributed by atoms with Gasteiger partial charge in [0.15, 0.2) is 12.4 Å². The van der Waals surface area contributed by atoms with Gasteiger partial charge in [0.2, 0.25) is 0 Å². The SMILES string of the molecule is COOOSc1cc2ccc(N)cc2c(O)c1N=Nc1cc(OC)c(N=Nc2ccc(C(=O)OC)cc2)cc1OCC(=O)OC. The van der Waals surface area contributed by atoms with Crippen LogP contribution in [-0.2, 0) is 28.5 Å². The maximum atomic E-state index is 11.9. The molecule has 0 spiro atoms. The molecule has 0 aliphatic heterocycles. The molecule has 0 aliphatic carbocycles. The highest BCUT2D eigenvalue weighted by atomic mass is 32.2. The number of hydrogen-bond acceptors (Lipinski definition) is 16. The summed E-state index contributed by atoms with van der Waals surface area (Å²) in [5, 5.41) is 33.7. The molecule has 15 nitrogen and oxygen atoms in total. The van der Waals surface area contributed by atoms with E-state index in [0.717, 1.165) is 12.0 Å². The Hall–Kier alpha value is -5.29. The van der Waals surface area contributed by atoms with Gasteiger partial charge >= 0.3 is 11.9 Å². The van der Waals surface area contributed by atoms with Crippen LogP contribution in [0.5, 0.6) is 17.2 Å². The summed E-state index contributed by atoms with van der Waals surface area (Å²) < 4.78 is 25.5. The Bertz CT molecular complexity index is 1750. The lowest BCUT2D eigenvalue weighted by Gasteiger charge is -2.12. The molecule has 0 fully saturated rings. The molecule has 0 bridgehead atoms. The minimum atomic E-state index is -0.652. The lowest BCUT2D eigenvalue weighted by Crippen LogP contribution is -2.12. The third kappa shape index (κ3) is 8.21. The van der Waals surface area contributed by atoms with Crippen molar-refractivity contribution < 1.29 is 47.9 Å². The van der Waals surface area contributed by atoms with Gasteiger partial charge in [0.05, 0.1) is 56.6 Å². The molecule has 0 amide bonds. The largest absolute Gasteiger partial charge is 0.505 e. The number of methoxy groups -OCH3 is 3. The van der Waals surface area contributed by atoms with Crippen molar-refractivity contribution >= 4 is 63.2 Å². The molecule has 0 atom stereocenters. The molecule has 0 heterocycles. The van der Waals surface area contributed by atoms with Crippen LogP contribution in [0.1, 0.15) is 10.4 Å². The first-order valence-corrected chi connectivity index (χ1v) is 13.5. The molecule has 45 heavy (non-hydrogen) atoms. The smallest absolute Gasteiger partial charge is 0.343 e. The summed E-state index contributed by atoms with van der Waals surface area (Å²) in [6.45, 7) is -0.458. The molecule has 0 unspecified atom stereocenters. The summed E-state index contributed by atoms with van der Waals surface area (Å²) >= 11 is 0.717. The quantitative estimate of drug-likeness (QED) is 0.0296. The van der Waals surface area contributed by atoms with Crippen molar-refractivity contribution in [3.63, 3.8) is 0 Å². The fourth-order valence-corrected chi connectivity index (χ4v) is 4.31. The number of anilines is 1. The second kappa shape index (κ2) is 15.4. The molecule has 234 valence electrons. The first-order chi connectivity index (χ1) is 21.8. The Balaban J connectivity index is 1.76. The Labute approximate surface area is 260 Å². The van der Waals surface area contributed by atoms with Crippen molar-refractivity contribution in [1.82, 2.24) is 0 Å². The Morgan fingerprint density at radius 1 is 0.844 bits per heavy atom. The third-order valence-corrected chi connectivity index (χ3v) is 6.56. The van der Waals surface area contributed by atoms with Gasteiger partial charge < -0.3 is 29.8 Å². The number of phenols is 1. The van der Waals surface area contributed by atoms with Crippen molar-refractivity contribution in [1.29, 1.82) is 0 Å². The van der Waals surface area contributed by atoms with Crippen molar-refractivity contribution in [2.24, 2.45) is 20.5 Å². The molecule has 16 heteroatoms. The summed E-state index contributed by atoms with van der Waals surface area (Å²) in [6, 6.07) is 15.8. The van der Waals surface area contributed by atoms with Crippen LogP contribution in [0.4, 0.5) is 28.4 Å². The van der Waals surface area contributed by atoms with Gasteiger partial charge in [-0.2, -0.15) is 5.11 Å². The second-order valence-corrected chi connectivity index (χ2v) is 9.48. The summed E-state index contributed by atoms with van der Waals surface area (Å²) in [7, 11) is 5.18. The molecule has 4 rings (SSSR count). The molecule has 3 N–H and O–H groups in total. The fourth-order valence-electron chi connectivity index (χ4n) is 3.76. The minimum Gasteiger partial charge on any atom is -0.505 e. The number of esters is 2. The van der Waals surface area contributed by atoms with E-state index in [1.54, 1.807) is 48.5 Å². The number of carbonyl (C=O) groups is 2. The zero-order chi connectivity index (χ0) is 32.3. The van der Waals surface area contributed by atoms with E-state index in [1.165, 1.54) is 40.6 Å². The third-order valence-electron chi connectivity index (χ3n) is 5.95. The average molecular weight is 638 g/mol. The number of rotatable bonds is 13. The van der Waals surface area contributed by atoms with E-state index < -0.39 is 18.5 Å². The van der Waals surface area contributed by atoms with Crippen LogP contribution < -0.4 is 15.2 Å². The van der Waals surface area contributed by atoms with Crippen molar-refractivity contribution in [3.8, 4) is 17.2 Å². The average Bonchev–Trinajstić information content (AvgIpc) is 3.06. The maximum Gasteiger partial charge on any atom is 0.343 e. The van der Waals surface area contributed by atoms with E-state index in [1.807, 2.05) is 0 Å². The molecule has 0 saturated carbocycles. The van der Waals surface area contributed by atoms with E-state index in [0.29, 0.717) is 32.6 Å². The van der Waals surface area contributed by atoms with Crippen LogP contribution in [0.2, 0.25) is 0 Å². The first-order valence-electron chi connectivity index (χ1n) is 12.8. The maximum absolute atomic E-state index is 11.9. The normalized spacial score (nSPS) is 11.3. The lowest BCUT2D eigenvalue weighted by molar-refractivity contribution is -0.447. The highest BCUT2D eigenvalue weighted by Gasteiger charge is 2.18. The highest BCUT2D eigenvalue weighted by molar-refractivity contribution is 7.94. The van der Waals surface area contributed by atoms with Crippen LogP contribution in [0.25, 0.3) is 10.8 Å². The zero-order valence-electron chi connectivity index (χ0n) is 24.4. The van der Waals surface area contributed by atoms with Gasteiger partial charge in [-0.3, -0.25) is 0 Å². The predicted octanol–water partition coefficient (Wildman–Crippen LogP) is 6.82. The summed E-state index contributed by atoms with van der Waals surface area (Å²) in [5.74, 6) is -1.08. The van der Waals surface area contributed by atoms with Gasteiger partial charge in [0.1, 0.15) is 28.6 Å². The molecule has 0 aromatic heterocycles. The van der Waals surface area contributed by atoms with Gasteiger partial charge in [0.25, 0.3) is 0 Å². The minimum absolute atomic E-state index is 0.00912. The number of nitrogen functional groups attached to an aromatic ring is 1. The summed E-state index contributed by atoms with van der Waals surface area (Å²) in [5.41, 5.74) is 7.47. The zero-order valence-corrected chi connectivity index (χ0v) is 25.2. The van der Waals surface area contributed by atoms with Crippen LogP contribution >= 0.6 is 12.0 Å². The van der Waals surface area contributed by atoms with Gasteiger partial charge in [0, 0.05) is 23.2 Å². The van der Waals surface area contributed by atoms with Crippen molar-refractivity contribution in [2.45, 2.75) is 4.90 Å². The van der Waals surface area contributed by atoms with Crippen LogP contribution in [0.15, 0.2) is 86.0 Å². The van der Waals surface area contributed by atoms with E-state index >= 15 is 0 Å². The van der Waals surface area contributed by atoms with Crippen molar-refractivity contribution in [2.75, 3.05) is 40.8 Å². The first kappa shape index (κ1) is 32.6. The van der Waals surface area contributed by atoms with E-state index in [-0.39, 0.29) is 34.3 Å². The number of azo groups is 2. The molecule has 0 radical (unpaired) electrons. The number of aromatic hydroxyl groups is 1. The van der Waals surface area contributed by atoms with Crippen molar-refractivity contribution in [3.05, 3.63) is 66.2 Å². The fraction of sp³-hybridized carbons (Fsp3) is 0.172. The van der Waals surface area contributed by atoms with E-state index in [2.05, 4.69) is 35.1 Å². The van der Waals surface area contributed by atoms with E-state index in [4.69, 9.17) is 24.3 Å².